The number of phenolic OH excluding ortho intramolecular Hbond substituents is 1. The van der Waals surface area contributed by atoms with E-state index in [1.165, 1.54) is 0 Å². The highest BCUT2D eigenvalue weighted by Gasteiger charge is 2.26. The third-order valence-corrected chi connectivity index (χ3v) is 5.26. The van der Waals surface area contributed by atoms with Crippen LogP contribution in [0.2, 0.25) is 0 Å². The topological polar surface area (TPSA) is 80.5 Å². The van der Waals surface area contributed by atoms with Crippen molar-refractivity contribution in [2.24, 2.45) is 0 Å². The first-order valence-electron chi connectivity index (χ1n) is 9.85. The first kappa shape index (κ1) is 19.0. The second-order valence-electron chi connectivity index (χ2n) is 7.03. The Hall–Kier alpha value is -3.35. The number of phenols is 1. The van der Waals surface area contributed by atoms with Gasteiger partial charge in [-0.25, -0.2) is 4.98 Å². The summed E-state index contributed by atoms with van der Waals surface area (Å²) in [5, 5.41) is 9.96. The van der Waals surface area contributed by atoms with Gasteiger partial charge in [-0.15, -0.1) is 0 Å². The van der Waals surface area contributed by atoms with Crippen LogP contribution in [-0.4, -0.2) is 50.1 Å². The Balaban J connectivity index is 1.49. The number of benzene rings is 1. The number of amides is 1. The van der Waals surface area contributed by atoms with E-state index < -0.39 is 0 Å². The molecule has 0 unspecified atom stereocenters. The molecule has 1 fully saturated rings. The number of carbonyl (C=O) groups is 1. The summed E-state index contributed by atoms with van der Waals surface area (Å²) in [6, 6.07) is 9.07. The maximum absolute atomic E-state index is 12.7. The third kappa shape index (κ3) is 3.94. The first-order valence-corrected chi connectivity index (χ1v) is 9.85. The number of ether oxygens (including phenoxy) is 1. The number of imidazole rings is 1. The Morgan fingerprint density at radius 1 is 1.17 bits per heavy atom. The van der Waals surface area contributed by atoms with Crippen molar-refractivity contribution in [3.8, 4) is 22.9 Å². The zero-order valence-corrected chi connectivity index (χ0v) is 16.4. The number of aromatic nitrogens is 3. The van der Waals surface area contributed by atoms with E-state index in [0.717, 1.165) is 24.2 Å². The van der Waals surface area contributed by atoms with Gasteiger partial charge in [0.15, 0.2) is 11.5 Å². The van der Waals surface area contributed by atoms with E-state index in [2.05, 4.69) is 14.5 Å². The summed E-state index contributed by atoms with van der Waals surface area (Å²) >= 11 is 0. The molecular formula is C22H24N4O3. The SMILES string of the molecule is CCOc1cc(-c2nccn2C2CCN(C(=O)c3ccncc3)CC2)ccc1O. The lowest BCUT2D eigenvalue weighted by atomic mass is 10.0. The summed E-state index contributed by atoms with van der Waals surface area (Å²) in [6.07, 6.45) is 8.77. The van der Waals surface area contributed by atoms with E-state index in [1.54, 1.807) is 36.8 Å². The average Bonchev–Trinajstić information content (AvgIpc) is 3.25. The van der Waals surface area contributed by atoms with Crippen molar-refractivity contribution in [1.29, 1.82) is 0 Å². The van der Waals surface area contributed by atoms with Crippen LogP contribution in [0.15, 0.2) is 55.1 Å². The number of carbonyl (C=O) groups excluding carboxylic acids is 1. The quantitative estimate of drug-likeness (QED) is 0.718. The molecule has 2 aromatic heterocycles. The van der Waals surface area contributed by atoms with Crippen molar-refractivity contribution >= 4 is 5.91 Å². The van der Waals surface area contributed by atoms with Gasteiger partial charge in [0.25, 0.3) is 5.91 Å². The van der Waals surface area contributed by atoms with Gasteiger partial charge in [0.05, 0.1) is 6.61 Å². The fraction of sp³-hybridized carbons (Fsp3) is 0.318. The normalized spacial score (nSPS) is 14.7. The van der Waals surface area contributed by atoms with Crippen LogP contribution in [0.25, 0.3) is 11.4 Å². The highest BCUT2D eigenvalue weighted by molar-refractivity contribution is 5.94. The van der Waals surface area contributed by atoms with Gasteiger partial charge in [-0.2, -0.15) is 0 Å². The van der Waals surface area contributed by atoms with Crippen molar-refractivity contribution in [3.05, 3.63) is 60.7 Å². The van der Waals surface area contributed by atoms with Crippen molar-refractivity contribution < 1.29 is 14.6 Å². The lowest BCUT2D eigenvalue weighted by Gasteiger charge is -2.33. The van der Waals surface area contributed by atoms with Gasteiger partial charge in [0, 0.05) is 55.0 Å². The molecule has 3 aromatic rings. The maximum atomic E-state index is 12.7. The zero-order chi connectivity index (χ0) is 20.2. The van der Waals surface area contributed by atoms with E-state index in [1.807, 2.05) is 30.2 Å². The van der Waals surface area contributed by atoms with Crippen LogP contribution in [-0.2, 0) is 0 Å². The minimum atomic E-state index is 0.0524. The fourth-order valence-corrected chi connectivity index (χ4v) is 3.78. The van der Waals surface area contributed by atoms with E-state index in [4.69, 9.17) is 4.74 Å². The molecule has 4 rings (SSSR count). The number of hydrogen-bond acceptors (Lipinski definition) is 5. The van der Waals surface area contributed by atoms with Crippen LogP contribution in [0, 0.1) is 0 Å². The van der Waals surface area contributed by atoms with Crippen LogP contribution in [0.3, 0.4) is 0 Å². The zero-order valence-electron chi connectivity index (χ0n) is 16.4. The lowest BCUT2D eigenvalue weighted by Crippen LogP contribution is -2.39. The van der Waals surface area contributed by atoms with Gasteiger partial charge in [0.1, 0.15) is 5.82 Å². The van der Waals surface area contributed by atoms with Gasteiger partial charge in [-0.3, -0.25) is 9.78 Å². The Kier molecular flexibility index (Phi) is 5.46. The molecule has 1 aliphatic rings. The van der Waals surface area contributed by atoms with Gasteiger partial charge in [-0.1, -0.05) is 0 Å². The molecule has 150 valence electrons. The summed E-state index contributed by atoms with van der Waals surface area (Å²) in [5.74, 6) is 1.47. The van der Waals surface area contributed by atoms with Gasteiger partial charge in [-0.05, 0) is 50.1 Å². The maximum Gasteiger partial charge on any atom is 0.253 e. The van der Waals surface area contributed by atoms with E-state index in [-0.39, 0.29) is 17.7 Å². The van der Waals surface area contributed by atoms with E-state index in [9.17, 15) is 9.90 Å². The molecule has 1 N–H and O–H groups in total. The summed E-state index contributed by atoms with van der Waals surface area (Å²) in [4.78, 5) is 23.1. The largest absolute Gasteiger partial charge is 0.504 e. The number of nitrogens with zero attached hydrogens (tertiary/aromatic N) is 4. The minimum Gasteiger partial charge on any atom is -0.504 e. The molecule has 0 bridgehead atoms. The average molecular weight is 392 g/mol. The molecule has 7 heteroatoms. The summed E-state index contributed by atoms with van der Waals surface area (Å²) in [7, 11) is 0. The molecule has 7 nitrogen and oxygen atoms in total. The lowest BCUT2D eigenvalue weighted by molar-refractivity contribution is 0.0695. The predicted molar refractivity (Wildman–Crippen MR) is 109 cm³/mol. The van der Waals surface area contributed by atoms with Crippen LogP contribution >= 0.6 is 0 Å². The Bertz CT molecular complexity index is 979. The van der Waals surface area contributed by atoms with E-state index >= 15 is 0 Å². The molecule has 0 atom stereocenters. The second kappa shape index (κ2) is 8.34. The first-order chi connectivity index (χ1) is 14.2. The molecule has 1 aliphatic heterocycles. The van der Waals surface area contributed by atoms with Crippen molar-refractivity contribution in [2.45, 2.75) is 25.8 Å². The highest BCUT2D eigenvalue weighted by atomic mass is 16.5. The molecule has 0 radical (unpaired) electrons. The Morgan fingerprint density at radius 2 is 1.93 bits per heavy atom. The van der Waals surface area contributed by atoms with Gasteiger partial charge >= 0.3 is 0 Å². The standard InChI is InChI=1S/C22H24N4O3/c1-2-29-20-15-17(3-4-19(20)27)21-24-11-14-26(21)18-7-12-25(13-8-18)22(28)16-5-9-23-10-6-16/h3-6,9-11,14-15,18,27H,2,7-8,12-13H2,1H3. The monoisotopic (exact) mass is 392 g/mol. The van der Waals surface area contributed by atoms with Crippen molar-refractivity contribution in [2.75, 3.05) is 19.7 Å². The third-order valence-electron chi connectivity index (χ3n) is 5.26. The van der Waals surface area contributed by atoms with Gasteiger partial charge < -0.3 is 19.3 Å². The molecule has 0 aliphatic carbocycles. The Morgan fingerprint density at radius 3 is 2.66 bits per heavy atom. The molecular weight excluding hydrogens is 368 g/mol. The molecule has 1 amide bonds. The van der Waals surface area contributed by atoms with Crippen molar-refractivity contribution in [3.63, 3.8) is 0 Å². The number of pyridine rings is 1. The molecule has 1 saturated heterocycles. The molecule has 3 heterocycles. The molecule has 29 heavy (non-hydrogen) atoms. The minimum absolute atomic E-state index is 0.0524. The number of likely N-dealkylation sites (tertiary alicyclic amines) is 1. The number of aromatic hydroxyl groups is 1. The summed E-state index contributed by atoms with van der Waals surface area (Å²) < 4.78 is 7.67. The summed E-state index contributed by atoms with van der Waals surface area (Å²) in [5.41, 5.74) is 1.57. The number of rotatable bonds is 5. The Labute approximate surface area is 169 Å². The highest BCUT2D eigenvalue weighted by Crippen LogP contribution is 2.33. The number of piperidine rings is 1. The van der Waals surface area contributed by atoms with Crippen LogP contribution in [0.1, 0.15) is 36.2 Å². The van der Waals surface area contributed by atoms with Crippen molar-refractivity contribution in [1.82, 2.24) is 19.4 Å². The second-order valence-corrected chi connectivity index (χ2v) is 7.03. The van der Waals surface area contributed by atoms with Crippen LogP contribution in [0.5, 0.6) is 11.5 Å². The predicted octanol–water partition coefficient (Wildman–Crippen LogP) is 3.53. The fourth-order valence-electron chi connectivity index (χ4n) is 3.78. The van der Waals surface area contributed by atoms with Crippen LogP contribution in [0.4, 0.5) is 0 Å². The summed E-state index contributed by atoms with van der Waals surface area (Å²) in [6.45, 7) is 3.76. The van der Waals surface area contributed by atoms with Gasteiger partial charge in [0.2, 0.25) is 0 Å². The molecule has 1 aromatic carbocycles. The van der Waals surface area contributed by atoms with E-state index in [0.29, 0.717) is 31.0 Å². The number of hydrogen-bond donors (Lipinski definition) is 1. The van der Waals surface area contributed by atoms with Crippen LogP contribution < -0.4 is 4.74 Å². The molecule has 0 saturated carbocycles. The molecule has 0 spiro atoms. The smallest absolute Gasteiger partial charge is 0.253 e.